The number of esters is 1. The van der Waals surface area contributed by atoms with Crippen LogP contribution in [0.2, 0.25) is 0 Å². The average Bonchev–Trinajstić information content (AvgIpc) is 1.36. The number of aromatic nitrogens is 1. The van der Waals surface area contributed by atoms with E-state index in [1.165, 1.54) is 27.2 Å². The van der Waals surface area contributed by atoms with Gasteiger partial charge in [-0.15, -0.1) is 5.92 Å². The van der Waals surface area contributed by atoms with Gasteiger partial charge in [0.1, 0.15) is 17.9 Å². The molecule has 0 unspecified atom stereocenters. The number of phenols is 1. The third kappa shape index (κ3) is 9.86. The lowest BCUT2D eigenvalue weighted by atomic mass is 9.42. The zero-order chi connectivity index (χ0) is 61.0. The van der Waals surface area contributed by atoms with Crippen LogP contribution in [0.3, 0.4) is 0 Å². The summed E-state index contributed by atoms with van der Waals surface area (Å²) >= 11 is 0. The number of aliphatic hydroxyl groups excluding tert-OH is 3. The number of Topliss-reactive ketones (excluding diaryl/α,β-unsaturated/α-hetero) is 2. The number of aromatic hydroxyl groups is 1. The number of allylic oxidation sites excluding steroid dienone is 3. The van der Waals surface area contributed by atoms with E-state index in [1.54, 1.807) is 31.2 Å². The number of aliphatic imine (C=N–C) groups is 1. The van der Waals surface area contributed by atoms with Gasteiger partial charge < -0.3 is 62.3 Å². The summed E-state index contributed by atoms with van der Waals surface area (Å²) in [5, 5.41) is 93.0. The number of aliphatic hydroxyl groups is 6. The molecule has 0 radical (unpaired) electrons. The van der Waals surface area contributed by atoms with Crippen molar-refractivity contribution >= 4 is 45.1 Å². The van der Waals surface area contributed by atoms with Gasteiger partial charge in [-0.05, 0) is 178 Å². The molecule has 23 atom stereocenters. The Balaban J connectivity index is 1.06. The Morgan fingerprint density at radius 1 is 0.930 bits per heavy atom. The van der Waals surface area contributed by atoms with E-state index in [1.807, 2.05) is 25.4 Å². The number of carbonyl (C=O) groups is 3. The van der Waals surface area contributed by atoms with Gasteiger partial charge in [0, 0.05) is 84.2 Å². The van der Waals surface area contributed by atoms with E-state index in [-0.39, 0.29) is 122 Å². The van der Waals surface area contributed by atoms with Gasteiger partial charge in [0.05, 0.1) is 47.2 Å². The number of ketones is 2. The summed E-state index contributed by atoms with van der Waals surface area (Å²) in [6, 6.07) is 7.37. The fourth-order valence-corrected chi connectivity index (χ4v) is 23.9. The molecule has 2 aromatic rings. The highest BCUT2D eigenvalue weighted by Crippen LogP contribution is 2.74. The van der Waals surface area contributed by atoms with Crippen LogP contribution in [0, 0.1) is 93.2 Å². The maximum Gasteiger partial charge on any atom is 0.314 e. The maximum absolute atomic E-state index is 16.4. The summed E-state index contributed by atoms with van der Waals surface area (Å²) in [6.07, 6.45) is 10.7. The van der Waals surface area contributed by atoms with Crippen LogP contribution < -0.4 is 16.8 Å². The number of nitrogens with two attached hydrogens (primary N) is 2. The van der Waals surface area contributed by atoms with Crippen molar-refractivity contribution in [2.45, 2.75) is 190 Å². The molecule has 1 spiro atoms. The molecular weight excluding hydrogens is 1130 g/mol. The van der Waals surface area contributed by atoms with Gasteiger partial charge >= 0.3 is 5.97 Å². The number of nitrogens with one attached hydrogen (secondary N) is 2. The Morgan fingerprint density at radius 3 is 2.42 bits per heavy atom. The first-order valence-electron chi connectivity index (χ1n) is 32.3. The zero-order valence-corrected chi connectivity index (χ0v) is 52.4. The highest BCUT2D eigenvalue weighted by atomic mass is 33.1. The summed E-state index contributed by atoms with van der Waals surface area (Å²) in [4.78, 5) is 53.5. The molecule has 16 nitrogen and oxygen atoms in total. The molecule has 2 aliphatic heterocycles. The highest BCUT2D eigenvalue weighted by Gasteiger charge is 2.76. The smallest absolute Gasteiger partial charge is 0.314 e. The first kappa shape index (κ1) is 61.9. The van der Waals surface area contributed by atoms with Crippen LogP contribution in [0.25, 0.3) is 0 Å². The third-order valence-corrected chi connectivity index (χ3v) is 27.5. The number of hydrogen-bond acceptors (Lipinski definition) is 15. The standard InChI is InChI=1S/C68H93N5O11S2/c1-6-52-53(54(61(80)84-52)42-19-24-71-32-42)40-8-7-9-41-30-68(83)56-47(63(4)31-51(77)58(78)45-35-86-85-34-43(38-12-15-44(75)16-13-38)27-50(76)49(33-74)73-57(56)59(79)55(45)63)18-20-66(68,23-25-72-62(69)70)60(41)64(5,81)67(82)22-21-65(29-40)46(37(3)28-67)17-14-39-11-10-36(2)26-48(39)65/h12-16,19,24,32,36-37,40-41,43,45-49,51-55,58,60,71,73-75,77-78,81-83H,6,9-11,17-18,20-23,25-31,33-35H2,1-5H3,(H4,69,70,72)/t36-,37+,40-,41+,43+,45+,46-,47-,48-,49-,51-,52-,53-,54+,55-,58+,60+,63+,64+,65-,66-,67+,68+/m0/s1. The van der Waals surface area contributed by atoms with Crippen LogP contribution in [0.5, 0.6) is 5.75 Å². The highest BCUT2D eigenvalue weighted by molar-refractivity contribution is 8.76. The van der Waals surface area contributed by atoms with E-state index in [9.17, 15) is 40.2 Å². The minimum atomic E-state index is -1.98. The molecule has 2 saturated heterocycles. The van der Waals surface area contributed by atoms with E-state index in [2.05, 4.69) is 54.0 Å². The minimum absolute atomic E-state index is 0.0121. The second-order valence-electron chi connectivity index (χ2n) is 29.1. The molecule has 5 saturated carbocycles. The van der Waals surface area contributed by atoms with Gasteiger partial charge in [-0.2, -0.15) is 0 Å². The van der Waals surface area contributed by atoms with Gasteiger partial charge in [-0.3, -0.25) is 19.4 Å². The van der Waals surface area contributed by atoms with Crippen molar-refractivity contribution in [1.29, 1.82) is 0 Å². The first-order valence-corrected chi connectivity index (χ1v) is 34.8. The topological polar surface area (TPSA) is 294 Å². The third-order valence-electron chi connectivity index (χ3n) is 24.9. The van der Waals surface area contributed by atoms with Gasteiger partial charge in [0.15, 0.2) is 17.5 Å². The van der Waals surface area contributed by atoms with Crippen LogP contribution in [0.1, 0.15) is 160 Å². The SMILES string of the molecule is CC[C@@H]1OC(=O)[C@H](c2cc[nH]c2)[C@H]1[C@H]1C#CC[C@@H]2C[C@@]3(O)C4=C5N[C@@H](CO)C(=O)C[C@@H](c6ccc(O)cc6)CSSC[C@H]6[C@@H](O)[C@@H](O)C[C@@](C)([C@@H]6C5=O)[C@H]4CC[C@]3(CCN=C(N)N)[C@H]2[C@@](C)(O)[C@@]2(O)CC[C@@]3(C1)[C@H]1C[C@@H](C)CCC1=CC[C@H]3[C@H](C)C2. The van der Waals surface area contributed by atoms with Gasteiger partial charge in [-0.1, -0.05) is 79.0 Å². The first-order chi connectivity index (χ1) is 41.0. The van der Waals surface area contributed by atoms with Crippen LogP contribution >= 0.6 is 21.6 Å². The number of fused-ring (bicyclic) bond motifs is 10. The van der Waals surface area contributed by atoms with E-state index >= 15 is 9.90 Å². The molecular formula is C68H93N5O11S2. The van der Waals surface area contributed by atoms with Crippen molar-refractivity contribution < 1.29 is 54.9 Å². The number of ether oxygens (including phenoxy) is 1. The average molecular weight is 1220 g/mol. The fraction of sp³-hybridized carbons (Fsp3) is 0.706. The molecule has 8 aliphatic carbocycles. The summed E-state index contributed by atoms with van der Waals surface area (Å²) in [5.74, 6) is 2.78. The lowest BCUT2D eigenvalue weighted by molar-refractivity contribution is -0.228. The Bertz CT molecular complexity index is 3080. The van der Waals surface area contributed by atoms with Crippen molar-refractivity contribution in [3.8, 4) is 17.6 Å². The lowest BCUT2D eigenvalue weighted by Gasteiger charge is -2.64. The molecule has 468 valence electrons. The van der Waals surface area contributed by atoms with Crippen molar-refractivity contribution in [3.05, 3.63) is 76.8 Å². The van der Waals surface area contributed by atoms with E-state index in [0.717, 1.165) is 36.8 Å². The van der Waals surface area contributed by atoms with Crippen LogP contribution in [0.4, 0.5) is 0 Å². The Kier molecular flexibility index (Phi) is 16.7. The lowest BCUT2D eigenvalue weighted by Crippen LogP contribution is -2.68. The van der Waals surface area contributed by atoms with Crippen molar-refractivity contribution in [2.24, 2.45) is 97.8 Å². The molecule has 3 heterocycles. The number of nitrogens with zero attached hydrogens (tertiary/aromatic N) is 1. The molecule has 13 N–H and O–H groups in total. The van der Waals surface area contributed by atoms with Crippen LogP contribution in [0.15, 0.2) is 70.6 Å². The zero-order valence-electron chi connectivity index (χ0n) is 50.8. The summed E-state index contributed by atoms with van der Waals surface area (Å²) in [7, 11) is 2.99. The van der Waals surface area contributed by atoms with Gasteiger partial charge in [0.25, 0.3) is 0 Å². The number of hydrogen-bond donors (Lipinski definition) is 11. The Morgan fingerprint density at radius 2 is 1.70 bits per heavy atom. The van der Waals surface area contributed by atoms with Crippen LogP contribution in [-0.4, -0.2) is 130 Å². The molecule has 12 rings (SSSR count). The molecule has 18 heteroatoms. The van der Waals surface area contributed by atoms with Crippen molar-refractivity contribution in [3.63, 3.8) is 0 Å². The number of carbonyl (C=O) groups excluding carboxylic acids is 3. The molecule has 7 fully saturated rings. The normalized spacial score (nSPS) is 45.8. The number of aromatic amines is 1. The monoisotopic (exact) mass is 1220 g/mol. The number of cyclic esters (lactones) is 1. The van der Waals surface area contributed by atoms with E-state index in [4.69, 9.17) is 16.2 Å². The molecule has 1 aromatic heterocycles. The Hall–Kier alpha value is -4.32. The predicted molar refractivity (Wildman–Crippen MR) is 332 cm³/mol. The van der Waals surface area contributed by atoms with Gasteiger partial charge in [0.2, 0.25) is 0 Å². The van der Waals surface area contributed by atoms with Crippen molar-refractivity contribution in [1.82, 2.24) is 10.3 Å². The van der Waals surface area contributed by atoms with E-state index < -0.39 is 99.9 Å². The number of rotatable bonds is 8. The minimum Gasteiger partial charge on any atom is -0.508 e. The Labute approximate surface area is 514 Å². The van der Waals surface area contributed by atoms with Gasteiger partial charge in [-0.25, -0.2) is 0 Å². The maximum atomic E-state index is 16.4. The molecule has 4 bridgehead atoms. The molecule has 86 heavy (non-hydrogen) atoms. The fourth-order valence-electron chi connectivity index (χ4n) is 21.1. The predicted octanol–water partition coefficient (Wildman–Crippen LogP) is 7.56. The van der Waals surface area contributed by atoms with Crippen LogP contribution in [-0.2, 0) is 19.1 Å². The largest absolute Gasteiger partial charge is 0.508 e. The number of benzene rings is 1. The molecule has 0 amide bonds. The van der Waals surface area contributed by atoms with E-state index in [0.29, 0.717) is 55.1 Å². The summed E-state index contributed by atoms with van der Waals surface area (Å²) in [6.45, 7) is 9.81. The number of phenolic OH excluding ortho intramolecular Hbond substituents is 1. The van der Waals surface area contributed by atoms with Crippen molar-refractivity contribution in [2.75, 3.05) is 24.7 Å². The molecule has 1 aromatic carbocycles. The summed E-state index contributed by atoms with van der Waals surface area (Å²) in [5.41, 5.74) is 7.46. The second-order valence-corrected chi connectivity index (χ2v) is 31.7. The summed E-state index contributed by atoms with van der Waals surface area (Å²) < 4.78 is 6.39. The molecule has 10 aliphatic rings. The number of guanidine groups is 1. The number of H-pyrrole nitrogens is 1. The quantitative estimate of drug-likeness (QED) is 0.0304. The second kappa shape index (κ2) is 23.2.